The van der Waals surface area contributed by atoms with E-state index in [-0.39, 0.29) is 0 Å². The first kappa shape index (κ1) is 18.0. The summed E-state index contributed by atoms with van der Waals surface area (Å²) in [5, 5.41) is 3.47. The maximum Gasteiger partial charge on any atom is 0.194 e. The third kappa shape index (κ3) is 4.84. The molecule has 1 aromatic heterocycles. The molecule has 0 amide bonds. The van der Waals surface area contributed by atoms with Gasteiger partial charge in [-0.15, -0.1) is 0 Å². The number of hydrogen-bond donors (Lipinski definition) is 1. The summed E-state index contributed by atoms with van der Waals surface area (Å²) in [6.45, 7) is 10.1. The summed E-state index contributed by atoms with van der Waals surface area (Å²) >= 11 is 0. The quantitative estimate of drug-likeness (QED) is 0.628. The number of likely N-dealkylation sites (N-methyl/N-ethyl adjacent to an activating group) is 1. The number of anilines is 1. The maximum atomic E-state index is 4.92. The van der Waals surface area contributed by atoms with Gasteiger partial charge >= 0.3 is 0 Å². The Morgan fingerprint density at radius 2 is 2.08 bits per heavy atom. The molecule has 1 aliphatic heterocycles. The van der Waals surface area contributed by atoms with E-state index in [4.69, 9.17) is 4.99 Å². The molecule has 1 N–H and O–H groups in total. The van der Waals surface area contributed by atoms with E-state index in [1.165, 1.54) is 12.8 Å². The Hall–Kier alpha value is -1.82. The van der Waals surface area contributed by atoms with Gasteiger partial charge in [0.2, 0.25) is 0 Å². The van der Waals surface area contributed by atoms with E-state index in [2.05, 4.69) is 58.0 Å². The van der Waals surface area contributed by atoms with E-state index < -0.39 is 0 Å². The third-order valence-corrected chi connectivity index (χ3v) is 5.21. The van der Waals surface area contributed by atoms with Crippen molar-refractivity contribution in [3.63, 3.8) is 0 Å². The molecule has 1 unspecified atom stereocenters. The first-order valence-corrected chi connectivity index (χ1v) is 9.60. The van der Waals surface area contributed by atoms with Crippen LogP contribution in [-0.2, 0) is 0 Å². The van der Waals surface area contributed by atoms with Crippen LogP contribution in [0.25, 0.3) is 0 Å². The molecule has 25 heavy (non-hydrogen) atoms. The average Bonchev–Trinajstić information content (AvgIpc) is 3.50. The second-order valence-electron chi connectivity index (χ2n) is 7.10. The molecule has 0 bridgehead atoms. The van der Waals surface area contributed by atoms with Gasteiger partial charge in [-0.3, -0.25) is 9.89 Å². The summed E-state index contributed by atoms with van der Waals surface area (Å²) in [4.78, 5) is 16.6. The zero-order valence-corrected chi connectivity index (χ0v) is 15.9. The number of rotatable bonds is 6. The number of nitrogens with zero attached hydrogens (tertiary/aromatic N) is 5. The van der Waals surface area contributed by atoms with Crippen molar-refractivity contribution in [2.75, 3.05) is 51.2 Å². The first-order valence-electron chi connectivity index (χ1n) is 9.60. The summed E-state index contributed by atoms with van der Waals surface area (Å²) in [5.41, 5.74) is 0. The molecular formula is C19H32N6. The lowest BCUT2D eigenvalue weighted by Gasteiger charge is -2.37. The Kier molecular flexibility index (Phi) is 6.13. The lowest BCUT2D eigenvalue weighted by Crippen LogP contribution is -2.53. The van der Waals surface area contributed by atoms with Crippen LogP contribution in [0, 0.1) is 0 Å². The summed E-state index contributed by atoms with van der Waals surface area (Å²) in [7, 11) is 2.23. The Morgan fingerprint density at radius 3 is 2.68 bits per heavy atom. The van der Waals surface area contributed by atoms with Gasteiger partial charge in [-0.25, -0.2) is 4.98 Å². The largest absolute Gasteiger partial charge is 0.357 e. The molecule has 1 aromatic rings. The van der Waals surface area contributed by atoms with E-state index in [9.17, 15) is 0 Å². The van der Waals surface area contributed by atoms with Gasteiger partial charge in [-0.2, -0.15) is 0 Å². The minimum absolute atomic E-state index is 0.496. The molecule has 0 spiro atoms. The van der Waals surface area contributed by atoms with E-state index in [1.807, 2.05) is 12.3 Å². The number of pyridine rings is 1. The van der Waals surface area contributed by atoms with Gasteiger partial charge < -0.3 is 15.1 Å². The molecular weight excluding hydrogens is 312 g/mol. The topological polar surface area (TPSA) is 47.0 Å². The summed E-state index contributed by atoms with van der Waals surface area (Å²) in [6, 6.07) is 7.39. The van der Waals surface area contributed by atoms with Crippen molar-refractivity contribution in [1.82, 2.24) is 20.1 Å². The Balaban J connectivity index is 1.55. The van der Waals surface area contributed by atoms with Gasteiger partial charge in [-0.05, 0) is 45.9 Å². The highest BCUT2D eigenvalue weighted by atomic mass is 15.4. The van der Waals surface area contributed by atoms with Crippen LogP contribution in [-0.4, -0.2) is 79.1 Å². The molecule has 1 saturated heterocycles. The molecule has 138 valence electrons. The summed E-state index contributed by atoms with van der Waals surface area (Å²) < 4.78 is 0. The van der Waals surface area contributed by atoms with Crippen molar-refractivity contribution < 1.29 is 0 Å². The van der Waals surface area contributed by atoms with Crippen LogP contribution in [0.2, 0.25) is 0 Å². The minimum Gasteiger partial charge on any atom is -0.357 e. The van der Waals surface area contributed by atoms with Crippen LogP contribution in [0.1, 0.15) is 26.7 Å². The van der Waals surface area contributed by atoms with E-state index in [0.29, 0.717) is 6.04 Å². The molecule has 2 fully saturated rings. The number of piperazine rings is 1. The maximum absolute atomic E-state index is 4.92. The van der Waals surface area contributed by atoms with Gasteiger partial charge in [0, 0.05) is 51.0 Å². The van der Waals surface area contributed by atoms with Crippen molar-refractivity contribution >= 4 is 11.8 Å². The first-order chi connectivity index (χ1) is 12.2. The highest BCUT2D eigenvalue weighted by Crippen LogP contribution is 2.26. The molecule has 2 aliphatic rings. The van der Waals surface area contributed by atoms with E-state index in [1.54, 1.807) is 0 Å². The van der Waals surface area contributed by atoms with Gasteiger partial charge in [0.15, 0.2) is 5.96 Å². The fraction of sp³-hybridized carbons (Fsp3) is 0.684. The lowest BCUT2D eigenvalue weighted by molar-refractivity contribution is 0.252. The van der Waals surface area contributed by atoms with Crippen LogP contribution in [0.3, 0.4) is 0 Å². The molecule has 2 heterocycles. The molecule has 1 atom stereocenters. The lowest BCUT2D eigenvalue weighted by atomic mass is 10.3. The van der Waals surface area contributed by atoms with Crippen LogP contribution in [0.15, 0.2) is 29.4 Å². The van der Waals surface area contributed by atoms with Gasteiger partial charge in [0.1, 0.15) is 5.82 Å². The monoisotopic (exact) mass is 344 g/mol. The highest BCUT2D eigenvalue weighted by molar-refractivity contribution is 5.80. The fourth-order valence-corrected chi connectivity index (χ4v) is 3.30. The Labute approximate surface area is 151 Å². The van der Waals surface area contributed by atoms with E-state index in [0.717, 1.165) is 57.1 Å². The van der Waals surface area contributed by atoms with Crippen molar-refractivity contribution in [2.45, 2.75) is 38.8 Å². The number of aliphatic imine (C=N–C) groups is 1. The SMILES string of the molecule is CCNC(=NCC(C)N(C)C1CC1)N1CCN(c2ccccn2)CC1. The van der Waals surface area contributed by atoms with Crippen LogP contribution < -0.4 is 10.2 Å². The molecule has 0 aromatic carbocycles. The van der Waals surface area contributed by atoms with Gasteiger partial charge in [-0.1, -0.05) is 6.07 Å². The third-order valence-electron chi connectivity index (χ3n) is 5.21. The predicted octanol–water partition coefficient (Wildman–Crippen LogP) is 1.65. The second-order valence-corrected chi connectivity index (χ2v) is 7.10. The molecule has 1 aliphatic carbocycles. The molecule has 1 saturated carbocycles. The minimum atomic E-state index is 0.496. The number of hydrogen-bond acceptors (Lipinski definition) is 4. The normalized spacial score (nSPS) is 20.1. The van der Waals surface area contributed by atoms with E-state index >= 15 is 0 Å². The summed E-state index contributed by atoms with van der Waals surface area (Å²) in [5.74, 6) is 2.13. The average molecular weight is 345 g/mol. The van der Waals surface area contributed by atoms with Crippen LogP contribution >= 0.6 is 0 Å². The molecule has 0 radical (unpaired) electrons. The van der Waals surface area contributed by atoms with Crippen LogP contribution in [0.4, 0.5) is 5.82 Å². The Morgan fingerprint density at radius 1 is 1.32 bits per heavy atom. The van der Waals surface area contributed by atoms with Gasteiger partial charge in [0.05, 0.1) is 6.54 Å². The van der Waals surface area contributed by atoms with Crippen molar-refractivity contribution in [3.8, 4) is 0 Å². The Bertz CT molecular complexity index is 548. The molecule has 6 heteroatoms. The zero-order valence-electron chi connectivity index (χ0n) is 15.9. The molecule has 6 nitrogen and oxygen atoms in total. The number of guanidine groups is 1. The predicted molar refractivity (Wildman–Crippen MR) is 104 cm³/mol. The van der Waals surface area contributed by atoms with Gasteiger partial charge in [0.25, 0.3) is 0 Å². The van der Waals surface area contributed by atoms with Crippen molar-refractivity contribution in [2.24, 2.45) is 4.99 Å². The van der Waals surface area contributed by atoms with Crippen LogP contribution in [0.5, 0.6) is 0 Å². The number of aromatic nitrogens is 1. The van der Waals surface area contributed by atoms with Crippen molar-refractivity contribution in [3.05, 3.63) is 24.4 Å². The highest BCUT2D eigenvalue weighted by Gasteiger charge is 2.29. The fourth-order valence-electron chi connectivity index (χ4n) is 3.30. The second kappa shape index (κ2) is 8.52. The molecule has 3 rings (SSSR count). The zero-order chi connectivity index (χ0) is 17.6. The smallest absolute Gasteiger partial charge is 0.194 e. The summed E-state index contributed by atoms with van der Waals surface area (Å²) in [6.07, 6.45) is 4.56. The standard InChI is InChI=1S/C19H32N6/c1-4-20-19(22-15-16(2)23(3)17-8-9-17)25-13-11-24(12-14-25)18-7-5-6-10-21-18/h5-7,10,16-17H,4,8-9,11-15H2,1-3H3,(H,20,22). The number of nitrogens with one attached hydrogen (secondary N) is 1. The van der Waals surface area contributed by atoms with Crippen molar-refractivity contribution in [1.29, 1.82) is 0 Å².